The monoisotopic (exact) mass is 742 g/mol. The molecule has 2 heterocycles. The molecular weight excluding hydrogens is 713 g/mol. The van der Waals surface area contributed by atoms with Crippen LogP contribution in [0.4, 0.5) is 36.8 Å². The maximum Gasteiger partial charge on any atom is 0.416 e. The second-order valence-electron chi connectivity index (χ2n) is 12.6. The molecule has 0 N–H and O–H groups in total. The van der Waals surface area contributed by atoms with Crippen molar-refractivity contribution in [3.8, 4) is 0 Å². The molecule has 2 fully saturated rings. The normalized spacial score (nSPS) is 19.6. The van der Waals surface area contributed by atoms with Gasteiger partial charge in [-0.3, -0.25) is 14.4 Å². The summed E-state index contributed by atoms with van der Waals surface area (Å²) in [5.74, 6) is -2.90. The van der Waals surface area contributed by atoms with Crippen molar-refractivity contribution in [1.29, 1.82) is 0 Å². The van der Waals surface area contributed by atoms with Crippen LogP contribution in [0.15, 0.2) is 66.7 Å². The molecule has 16 heteroatoms. The topological polar surface area (TPSA) is 81.2 Å². The number of nitrogens with zero attached hydrogens (tertiary/aromatic N) is 4. The van der Waals surface area contributed by atoms with Gasteiger partial charge in [-0.1, -0.05) is 47.5 Å². The molecule has 5 amide bonds. The Morgan fingerprint density at radius 2 is 1.48 bits per heavy atom. The number of carbonyl (C=O) groups excluding carboxylic acids is 4. The molecule has 5 rings (SSSR count). The molecule has 0 aliphatic carbocycles. The van der Waals surface area contributed by atoms with E-state index in [2.05, 4.69) is 0 Å². The Labute approximate surface area is 293 Å². The van der Waals surface area contributed by atoms with E-state index in [4.69, 9.17) is 23.2 Å². The average molecular weight is 744 g/mol. The van der Waals surface area contributed by atoms with Gasteiger partial charge in [0.05, 0.1) is 26.9 Å². The second kappa shape index (κ2) is 13.4. The number of hydrogen-bond donors (Lipinski definition) is 0. The van der Waals surface area contributed by atoms with E-state index >= 15 is 0 Å². The number of hydrogen-bond acceptors (Lipinski definition) is 4. The molecule has 3 aromatic carbocycles. The average Bonchev–Trinajstić information content (AvgIpc) is 3.22. The molecule has 2 aliphatic heterocycles. The third-order valence-electron chi connectivity index (χ3n) is 9.08. The number of anilines is 1. The zero-order valence-corrected chi connectivity index (χ0v) is 28.3. The number of benzene rings is 3. The minimum atomic E-state index is -5.16. The van der Waals surface area contributed by atoms with Crippen LogP contribution in [-0.2, 0) is 21.9 Å². The van der Waals surface area contributed by atoms with Crippen molar-refractivity contribution in [3.63, 3.8) is 0 Å². The molecule has 0 saturated carbocycles. The summed E-state index contributed by atoms with van der Waals surface area (Å²) in [4.78, 5) is 58.8. The molecule has 2 aliphatic rings. The number of rotatable bonds is 6. The highest BCUT2D eigenvalue weighted by Gasteiger charge is 2.53. The van der Waals surface area contributed by atoms with E-state index in [-0.39, 0.29) is 35.6 Å². The lowest BCUT2D eigenvalue weighted by Crippen LogP contribution is -2.55. The zero-order valence-electron chi connectivity index (χ0n) is 26.8. The van der Waals surface area contributed by atoms with Gasteiger partial charge in [0.25, 0.3) is 11.8 Å². The standard InChI is InChI=1S/C34H30Cl2F6N4O4/c1-32(2)30(49)46(23-7-5-4-6-8-23)31(50)45(32)18-28(47)44-12-11-27(24(17-44)19-9-10-25(35)26(36)15-19)43(3)29(48)20-13-21(33(37,38)39)16-22(14-20)34(40,41)42/h4-10,13-16,24,27H,11-12,17-18H2,1-3H3/t24-,27+/m0/s1. The molecular formula is C34H30Cl2F6N4O4. The lowest BCUT2D eigenvalue weighted by atomic mass is 9.84. The molecule has 2 atom stereocenters. The van der Waals surface area contributed by atoms with Crippen LogP contribution >= 0.6 is 23.2 Å². The quantitative estimate of drug-likeness (QED) is 0.191. The minimum Gasteiger partial charge on any atom is -0.340 e. The molecule has 0 aromatic heterocycles. The van der Waals surface area contributed by atoms with Crippen LogP contribution in [0.3, 0.4) is 0 Å². The number of likely N-dealkylation sites (tertiary alicyclic amines) is 1. The highest BCUT2D eigenvalue weighted by molar-refractivity contribution is 6.42. The number of likely N-dealkylation sites (N-methyl/N-ethyl adjacent to an activating group) is 1. The van der Waals surface area contributed by atoms with Gasteiger partial charge in [0.15, 0.2) is 0 Å². The van der Waals surface area contributed by atoms with E-state index in [0.717, 1.165) is 14.7 Å². The molecule has 266 valence electrons. The number of alkyl halides is 6. The second-order valence-corrected chi connectivity index (χ2v) is 13.4. The number of para-hydroxylation sites is 1. The number of urea groups is 1. The Kier molecular flexibility index (Phi) is 9.94. The van der Waals surface area contributed by atoms with Crippen molar-refractivity contribution in [3.05, 3.63) is 99.0 Å². The van der Waals surface area contributed by atoms with Crippen molar-refractivity contribution in [2.75, 3.05) is 31.6 Å². The first-order valence-electron chi connectivity index (χ1n) is 15.2. The third kappa shape index (κ3) is 7.13. The SMILES string of the molecule is CN(C(=O)c1cc(C(F)(F)F)cc(C(F)(F)F)c1)[C@@H]1CCN(C(=O)CN2C(=O)N(c3ccccc3)C(=O)C2(C)C)C[C@H]1c1ccc(Cl)c(Cl)c1. The lowest BCUT2D eigenvalue weighted by molar-refractivity contribution is -0.143. The molecule has 2 saturated heterocycles. The van der Waals surface area contributed by atoms with Gasteiger partial charge in [0.2, 0.25) is 5.91 Å². The molecule has 0 unspecified atom stereocenters. The van der Waals surface area contributed by atoms with E-state index in [1.54, 1.807) is 36.4 Å². The van der Waals surface area contributed by atoms with Crippen LogP contribution in [-0.4, -0.2) is 76.7 Å². The number of carbonyl (C=O) groups is 4. The van der Waals surface area contributed by atoms with Crippen LogP contribution in [0.1, 0.15) is 53.2 Å². The van der Waals surface area contributed by atoms with Crippen LogP contribution in [0, 0.1) is 0 Å². The number of piperidine rings is 1. The van der Waals surface area contributed by atoms with Crippen molar-refractivity contribution in [1.82, 2.24) is 14.7 Å². The van der Waals surface area contributed by atoms with E-state index < -0.39 is 76.8 Å². The summed E-state index contributed by atoms with van der Waals surface area (Å²) in [6.07, 6.45) is -10.3. The summed E-state index contributed by atoms with van der Waals surface area (Å²) in [7, 11) is 1.26. The zero-order chi connectivity index (χ0) is 36.9. The summed E-state index contributed by atoms with van der Waals surface area (Å²) in [5.41, 5.74) is -4.63. The van der Waals surface area contributed by atoms with Crippen LogP contribution < -0.4 is 4.90 Å². The Hall–Kier alpha value is -4.30. The Balaban J connectivity index is 1.43. The highest BCUT2D eigenvalue weighted by atomic mass is 35.5. The first kappa shape index (κ1) is 37.0. The Morgan fingerprint density at radius 1 is 0.880 bits per heavy atom. The van der Waals surface area contributed by atoms with Crippen molar-refractivity contribution < 1.29 is 45.5 Å². The number of amides is 5. The molecule has 0 spiro atoms. The van der Waals surface area contributed by atoms with Gasteiger partial charge in [-0.15, -0.1) is 0 Å². The molecule has 8 nitrogen and oxygen atoms in total. The lowest BCUT2D eigenvalue weighted by Gasteiger charge is -2.43. The van der Waals surface area contributed by atoms with Crippen molar-refractivity contribution >= 4 is 52.6 Å². The molecule has 0 radical (unpaired) electrons. The van der Waals surface area contributed by atoms with Gasteiger partial charge >= 0.3 is 18.4 Å². The largest absolute Gasteiger partial charge is 0.416 e. The maximum absolute atomic E-state index is 13.8. The highest BCUT2D eigenvalue weighted by Crippen LogP contribution is 2.39. The fraction of sp³-hybridized carbons (Fsp3) is 0.353. The van der Waals surface area contributed by atoms with E-state index in [1.165, 1.54) is 37.9 Å². The van der Waals surface area contributed by atoms with Gasteiger partial charge in [-0.25, -0.2) is 9.69 Å². The van der Waals surface area contributed by atoms with E-state index in [0.29, 0.717) is 23.4 Å². The number of imide groups is 1. The van der Waals surface area contributed by atoms with E-state index in [9.17, 15) is 45.5 Å². The van der Waals surface area contributed by atoms with Gasteiger partial charge < -0.3 is 14.7 Å². The molecule has 0 bridgehead atoms. The van der Waals surface area contributed by atoms with E-state index in [1.807, 2.05) is 0 Å². The minimum absolute atomic E-state index is 0.00807. The van der Waals surface area contributed by atoms with Gasteiger partial charge in [0, 0.05) is 37.7 Å². The summed E-state index contributed by atoms with van der Waals surface area (Å²) >= 11 is 12.4. The Morgan fingerprint density at radius 3 is 2.04 bits per heavy atom. The van der Waals surface area contributed by atoms with Crippen LogP contribution in [0.25, 0.3) is 0 Å². The number of halogens is 8. The fourth-order valence-electron chi connectivity index (χ4n) is 6.27. The predicted octanol–water partition coefficient (Wildman–Crippen LogP) is 7.74. The van der Waals surface area contributed by atoms with Crippen molar-refractivity contribution in [2.24, 2.45) is 0 Å². The smallest absolute Gasteiger partial charge is 0.340 e. The van der Waals surface area contributed by atoms with Crippen molar-refractivity contribution in [2.45, 2.75) is 50.1 Å². The maximum atomic E-state index is 13.8. The van der Waals surface area contributed by atoms with Gasteiger partial charge in [0.1, 0.15) is 12.1 Å². The fourth-order valence-corrected chi connectivity index (χ4v) is 6.58. The summed E-state index contributed by atoms with van der Waals surface area (Å²) in [6.45, 7) is 2.50. The van der Waals surface area contributed by atoms with Gasteiger partial charge in [-0.2, -0.15) is 26.3 Å². The Bertz CT molecular complexity index is 1800. The van der Waals surface area contributed by atoms with Crippen LogP contribution in [0.2, 0.25) is 10.0 Å². The summed E-state index contributed by atoms with van der Waals surface area (Å²) < 4.78 is 81.5. The molecule has 50 heavy (non-hydrogen) atoms. The first-order valence-corrected chi connectivity index (χ1v) is 16.0. The predicted molar refractivity (Wildman–Crippen MR) is 173 cm³/mol. The third-order valence-corrected chi connectivity index (χ3v) is 9.82. The first-order chi connectivity index (χ1) is 23.2. The van der Waals surface area contributed by atoms with Gasteiger partial charge in [-0.05, 0) is 68.3 Å². The summed E-state index contributed by atoms with van der Waals surface area (Å²) in [6, 6.07) is 12.0. The molecule has 3 aromatic rings. The van der Waals surface area contributed by atoms with Crippen LogP contribution in [0.5, 0.6) is 0 Å². The summed E-state index contributed by atoms with van der Waals surface area (Å²) in [5, 5.41) is 0.336.